The third-order valence-electron chi connectivity index (χ3n) is 3.77. The Labute approximate surface area is 145 Å². The molecule has 1 atom stereocenters. The molecule has 1 heterocycles. The predicted octanol–water partition coefficient (Wildman–Crippen LogP) is 4.02. The fraction of sp³-hybridized carbons (Fsp3) is 0.111. The molecule has 2 aromatic rings. The van der Waals surface area contributed by atoms with Crippen LogP contribution in [-0.2, 0) is 0 Å². The molecule has 0 radical (unpaired) electrons. The summed E-state index contributed by atoms with van der Waals surface area (Å²) in [6.07, 6.45) is 0. The number of thiocarbonyl (C=S) groups is 1. The van der Waals surface area contributed by atoms with Gasteiger partial charge in [-0.2, -0.15) is 0 Å². The van der Waals surface area contributed by atoms with Crippen molar-refractivity contribution in [1.29, 1.82) is 0 Å². The van der Waals surface area contributed by atoms with E-state index in [0.717, 1.165) is 11.3 Å². The number of halogens is 1. The molecule has 3 rings (SSSR count). The van der Waals surface area contributed by atoms with Crippen LogP contribution in [-0.4, -0.2) is 10.9 Å². The van der Waals surface area contributed by atoms with Gasteiger partial charge >= 0.3 is 0 Å². The lowest BCUT2D eigenvalue weighted by Gasteiger charge is -2.30. The Kier molecular flexibility index (Phi) is 4.46. The van der Waals surface area contributed by atoms with Gasteiger partial charge in [0.15, 0.2) is 10.9 Å². The number of Topliss-reactive ketones (excluding diaryl/α,β-unsaturated/α-hetero) is 1. The molecule has 23 heavy (non-hydrogen) atoms. The fourth-order valence-electron chi connectivity index (χ4n) is 2.68. The van der Waals surface area contributed by atoms with Crippen molar-refractivity contribution in [2.75, 3.05) is 0 Å². The zero-order valence-corrected chi connectivity index (χ0v) is 14.0. The maximum atomic E-state index is 13.0. The van der Waals surface area contributed by atoms with E-state index in [9.17, 15) is 4.79 Å². The van der Waals surface area contributed by atoms with Crippen molar-refractivity contribution in [2.24, 2.45) is 0 Å². The molecule has 2 aromatic carbocycles. The topological polar surface area (TPSA) is 41.1 Å². The van der Waals surface area contributed by atoms with Crippen LogP contribution in [0.5, 0.6) is 0 Å². The first kappa shape index (κ1) is 15.7. The first-order valence-electron chi connectivity index (χ1n) is 7.20. The normalized spacial score (nSPS) is 17.5. The molecule has 0 aromatic heterocycles. The minimum Gasteiger partial charge on any atom is -0.351 e. The van der Waals surface area contributed by atoms with Gasteiger partial charge in [0.1, 0.15) is 0 Å². The van der Waals surface area contributed by atoms with E-state index < -0.39 is 0 Å². The summed E-state index contributed by atoms with van der Waals surface area (Å²) in [4.78, 5) is 13.0. The highest BCUT2D eigenvalue weighted by atomic mass is 35.5. The summed E-state index contributed by atoms with van der Waals surface area (Å²) in [6.45, 7) is 1.85. The average Bonchev–Trinajstić information content (AvgIpc) is 2.55. The third kappa shape index (κ3) is 3.14. The summed E-state index contributed by atoms with van der Waals surface area (Å²) in [5.41, 5.74) is 2.83. The number of carbonyl (C=O) groups excluding carboxylic acids is 1. The summed E-state index contributed by atoms with van der Waals surface area (Å²) in [5, 5.41) is 7.28. The van der Waals surface area contributed by atoms with Crippen molar-refractivity contribution >= 4 is 34.7 Å². The number of benzene rings is 2. The van der Waals surface area contributed by atoms with Gasteiger partial charge in [-0.05, 0) is 30.8 Å². The van der Waals surface area contributed by atoms with Crippen LogP contribution in [0, 0.1) is 0 Å². The second-order valence-corrected chi connectivity index (χ2v) is 6.10. The smallest absolute Gasteiger partial charge is 0.193 e. The molecule has 5 heteroatoms. The highest BCUT2D eigenvalue weighted by Gasteiger charge is 2.31. The molecule has 3 nitrogen and oxygen atoms in total. The average molecular weight is 343 g/mol. The van der Waals surface area contributed by atoms with Crippen molar-refractivity contribution < 1.29 is 4.79 Å². The Bertz CT molecular complexity index is 802. The minimum absolute atomic E-state index is 0.0458. The molecular formula is C18H15ClN2OS. The molecule has 1 aliphatic heterocycles. The molecule has 0 saturated heterocycles. The standard InChI is InChI=1S/C18H15ClN2OS/c1-11-15(17(22)12-7-3-2-4-8-12)16(21-18(23)20-11)13-9-5-6-10-14(13)19/h2-10,16H,1H3,(H2,20,21,23)/t16-/m0/s1. The van der Waals surface area contributed by atoms with Gasteiger partial charge in [-0.1, -0.05) is 60.1 Å². The summed E-state index contributed by atoms with van der Waals surface area (Å²) in [6, 6.07) is 16.3. The van der Waals surface area contributed by atoms with E-state index >= 15 is 0 Å². The van der Waals surface area contributed by atoms with E-state index in [1.165, 1.54) is 0 Å². The molecule has 0 saturated carbocycles. The van der Waals surface area contributed by atoms with E-state index in [2.05, 4.69) is 10.6 Å². The van der Waals surface area contributed by atoms with Crippen LogP contribution in [0.15, 0.2) is 65.9 Å². The van der Waals surface area contributed by atoms with E-state index in [-0.39, 0.29) is 11.8 Å². The second kappa shape index (κ2) is 6.52. The Morgan fingerprint density at radius 1 is 1.09 bits per heavy atom. The third-order valence-corrected chi connectivity index (χ3v) is 4.33. The molecule has 0 spiro atoms. The van der Waals surface area contributed by atoms with E-state index in [1.54, 1.807) is 12.1 Å². The van der Waals surface area contributed by atoms with Crippen LogP contribution in [0.2, 0.25) is 5.02 Å². The highest BCUT2D eigenvalue weighted by molar-refractivity contribution is 7.80. The summed E-state index contributed by atoms with van der Waals surface area (Å²) >= 11 is 11.6. The lowest BCUT2D eigenvalue weighted by atomic mass is 9.89. The van der Waals surface area contributed by atoms with Crippen LogP contribution in [0.1, 0.15) is 28.9 Å². The molecule has 0 unspecified atom stereocenters. The van der Waals surface area contributed by atoms with Crippen molar-refractivity contribution in [3.05, 3.63) is 82.0 Å². The van der Waals surface area contributed by atoms with E-state index in [4.69, 9.17) is 23.8 Å². The van der Waals surface area contributed by atoms with Crippen LogP contribution >= 0.6 is 23.8 Å². The molecule has 0 bridgehead atoms. The first-order chi connectivity index (χ1) is 11.1. The molecule has 0 amide bonds. The molecule has 1 aliphatic rings. The quantitative estimate of drug-likeness (QED) is 0.653. The van der Waals surface area contributed by atoms with Gasteiger partial charge in [-0.3, -0.25) is 4.79 Å². The fourth-order valence-corrected chi connectivity index (χ4v) is 3.20. The Balaban J connectivity index is 2.10. The zero-order valence-electron chi connectivity index (χ0n) is 12.5. The van der Waals surface area contributed by atoms with Crippen molar-refractivity contribution in [3.63, 3.8) is 0 Å². The number of nitrogens with one attached hydrogen (secondary N) is 2. The number of allylic oxidation sites excluding steroid dienone is 1. The van der Waals surface area contributed by atoms with E-state index in [1.807, 2.05) is 49.4 Å². The van der Waals surface area contributed by atoms with Crippen LogP contribution in [0.25, 0.3) is 0 Å². The van der Waals surface area contributed by atoms with Crippen molar-refractivity contribution in [3.8, 4) is 0 Å². The zero-order chi connectivity index (χ0) is 16.4. The van der Waals surface area contributed by atoms with Crippen LogP contribution in [0.4, 0.5) is 0 Å². The minimum atomic E-state index is -0.370. The van der Waals surface area contributed by atoms with Crippen LogP contribution < -0.4 is 10.6 Å². The highest BCUT2D eigenvalue weighted by Crippen LogP contribution is 2.33. The van der Waals surface area contributed by atoms with Gasteiger partial charge in [-0.25, -0.2) is 0 Å². The van der Waals surface area contributed by atoms with Gasteiger partial charge < -0.3 is 10.6 Å². The number of rotatable bonds is 3. The Hall–Kier alpha value is -2.17. The van der Waals surface area contributed by atoms with Gasteiger partial charge in [0.2, 0.25) is 0 Å². The maximum absolute atomic E-state index is 13.0. The molecule has 0 fully saturated rings. The lowest BCUT2D eigenvalue weighted by molar-refractivity contribution is 0.102. The van der Waals surface area contributed by atoms with Crippen molar-refractivity contribution in [2.45, 2.75) is 13.0 Å². The molecule has 116 valence electrons. The Morgan fingerprint density at radius 3 is 2.43 bits per heavy atom. The molecular weight excluding hydrogens is 328 g/mol. The van der Waals surface area contributed by atoms with Gasteiger partial charge in [0.25, 0.3) is 0 Å². The second-order valence-electron chi connectivity index (χ2n) is 5.29. The van der Waals surface area contributed by atoms with Gasteiger partial charge in [-0.15, -0.1) is 0 Å². The largest absolute Gasteiger partial charge is 0.351 e. The number of carbonyl (C=O) groups is 1. The monoisotopic (exact) mass is 342 g/mol. The number of hydrogen-bond donors (Lipinski definition) is 2. The van der Waals surface area contributed by atoms with Crippen LogP contribution in [0.3, 0.4) is 0 Å². The van der Waals surface area contributed by atoms with E-state index in [0.29, 0.717) is 21.3 Å². The lowest BCUT2D eigenvalue weighted by Crippen LogP contribution is -2.45. The van der Waals surface area contributed by atoms with Gasteiger partial charge in [0.05, 0.1) is 6.04 Å². The predicted molar refractivity (Wildman–Crippen MR) is 96.5 cm³/mol. The molecule has 2 N–H and O–H groups in total. The SMILES string of the molecule is CC1=C(C(=O)c2ccccc2)[C@H](c2ccccc2Cl)NC(=S)N1. The summed E-state index contributed by atoms with van der Waals surface area (Å²) in [7, 11) is 0. The number of hydrogen-bond acceptors (Lipinski definition) is 2. The molecule has 0 aliphatic carbocycles. The number of ketones is 1. The van der Waals surface area contributed by atoms with Crippen molar-refractivity contribution in [1.82, 2.24) is 10.6 Å². The summed E-state index contributed by atoms with van der Waals surface area (Å²) < 4.78 is 0. The summed E-state index contributed by atoms with van der Waals surface area (Å²) in [5.74, 6) is -0.0458. The maximum Gasteiger partial charge on any atom is 0.193 e. The van der Waals surface area contributed by atoms with Gasteiger partial charge in [0, 0.05) is 21.9 Å². The first-order valence-corrected chi connectivity index (χ1v) is 7.99. The Morgan fingerprint density at radius 2 is 1.74 bits per heavy atom.